The first kappa shape index (κ1) is 12.7. The Kier molecular flexibility index (Phi) is 3.84. The van der Waals surface area contributed by atoms with E-state index in [0.717, 1.165) is 12.5 Å². The highest BCUT2D eigenvalue weighted by Gasteiger charge is 2.17. The molecule has 1 heteroatoms. The van der Waals surface area contributed by atoms with Crippen LogP contribution in [0.5, 0.6) is 0 Å². The fourth-order valence-corrected chi connectivity index (χ4v) is 3.02. The largest absolute Gasteiger partial charge is 0.310 e. The normalized spacial score (nSPS) is 17.3. The van der Waals surface area contributed by atoms with Crippen molar-refractivity contribution in [2.24, 2.45) is 5.92 Å². The molecule has 3 rings (SSSR count). The Bertz CT molecular complexity index is 537. The third kappa shape index (κ3) is 2.82. The molecule has 0 heterocycles. The van der Waals surface area contributed by atoms with E-state index in [-0.39, 0.29) is 0 Å². The summed E-state index contributed by atoms with van der Waals surface area (Å²) < 4.78 is 0. The van der Waals surface area contributed by atoms with E-state index in [1.54, 1.807) is 0 Å². The van der Waals surface area contributed by atoms with Crippen molar-refractivity contribution in [3.8, 4) is 0 Å². The van der Waals surface area contributed by atoms with Gasteiger partial charge in [-0.3, -0.25) is 0 Å². The second-order valence-corrected chi connectivity index (χ2v) is 5.83. The van der Waals surface area contributed by atoms with Gasteiger partial charge in [-0.25, -0.2) is 0 Å². The maximum absolute atomic E-state index is 3.69. The molecule has 0 amide bonds. The van der Waals surface area contributed by atoms with Crippen LogP contribution in [0.15, 0.2) is 42.5 Å². The molecule has 1 N–H and O–H groups in total. The molecular formula is C18H23N. The molecule has 0 aromatic heterocycles. The smallest absolute Gasteiger partial charge is 0.0297 e. The molecule has 0 saturated heterocycles. The van der Waals surface area contributed by atoms with Crippen LogP contribution in [0.2, 0.25) is 0 Å². The summed E-state index contributed by atoms with van der Waals surface area (Å²) in [7, 11) is 0. The molecular weight excluding hydrogens is 230 g/mol. The van der Waals surface area contributed by atoms with Crippen molar-refractivity contribution in [2.45, 2.75) is 38.6 Å². The van der Waals surface area contributed by atoms with Crippen LogP contribution >= 0.6 is 0 Å². The predicted octanol–water partition coefficient (Wildman–Crippen LogP) is 4.68. The highest BCUT2D eigenvalue weighted by atomic mass is 14.9. The first-order valence-corrected chi connectivity index (χ1v) is 7.55. The van der Waals surface area contributed by atoms with Crippen LogP contribution in [0.4, 0.5) is 0 Å². The van der Waals surface area contributed by atoms with Crippen molar-refractivity contribution >= 4 is 10.8 Å². The van der Waals surface area contributed by atoms with Gasteiger partial charge in [-0.2, -0.15) is 0 Å². The number of fused-ring (bicyclic) bond motifs is 1. The Labute approximate surface area is 116 Å². The minimum Gasteiger partial charge on any atom is -0.310 e. The highest BCUT2D eigenvalue weighted by Crippen LogP contribution is 2.29. The fraction of sp³-hybridized carbons (Fsp3) is 0.444. The van der Waals surface area contributed by atoms with Crippen molar-refractivity contribution in [3.05, 3.63) is 48.0 Å². The number of nitrogens with one attached hydrogen (secondary N) is 1. The molecule has 2 aromatic rings. The van der Waals surface area contributed by atoms with Gasteiger partial charge >= 0.3 is 0 Å². The van der Waals surface area contributed by atoms with Crippen molar-refractivity contribution in [1.82, 2.24) is 5.32 Å². The molecule has 1 fully saturated rings. The monoisotopic (exact) mass is 253 g/mol. The van der Waals surface area contributed by atoms with E-state index in [4.69, 9.17) is 0 Å². The summed E-state index contributed by atoms with van der Waals surface area (Å²) >= 11 is 0. The number of hydrogen-bond acceptors (Lipinski definition) is 1. The van der Waals surface area contributed by atoms with Crippen molar-refractivity contribution in [2.75, 3.05) is 6.54 Å². The number of rotatable bonds is 5. The average Bonchev–Trinajstić information content (AvgIpc) is 2.40. The second kappa shape index (κ2) is 5.75. The molecule has 0 bridgehead atoms. The van der Waals surface area contributed by atoms with E-state index in [1.807, 2.05) is 0 Å². The summed E-state index contributed by atoms with van der Waals surface area (Å²) in [5.41, 5.74) is 1.42. The van der Waals surface area contributed by atoms with Gasteiger partial charge in [0.05, 0.1) is 0 Å². The van der Waals surface area contributed by atoms with Crippen molar-refractivity contribution in [1.29, 1.82) is 0 Å². The van der Waals surface area contributed by atoms with Crippen LogP contribution in [0, 0.1) is 5.92 Å². The summed E-state index contributed by atoms with van der Waals surface area (Å²) in [6.07, 6.45) is 5.69. The average molecular weight is 253 g/mol. The SMILES string of the molecule is CC(NCCC1CCC1)c1cccc2ccccc12. The lowest BCUT2D eigenvalue weighted by Crippen LogP contribution is -2.24. The predicted molar refractivity (Wildman–Crippen MR) is 82.3 cm³/mol. The van der Waals surface area contributed by atoms with Gasteiger partial charge in [-0.05, 0) is 42.1 Å². The third-order valence-corrected chi connectivity index (χ3v) is 4.52. The van der Waals surface area contributed by atoms with E-state index in [1.165, 1.54) is 42.0 Å². The van der Waals surface area contributed by atoms with Gasteiger partial charge in [0.25, 0.3) is 0 Å². The van der Waals surface area contributed by atoms with Gasteiger partial charge in [-0.15, -0.1) is 0 Å². The lowest BCUT2D eigenvalue weighted by Gasteiger charge is -2.26. The molecule has 19 heavy (non-hydrogen) atoms. The Morgan fingerprint density at radius 3 is 2.68 bits per heavy atom. The van der Waals surface area contributed by atoms with Crippen LogP contribution < -0.4 is 5.32 Å². The van der Waals surface area contributed by atoms with Crippen molar-refractivity contribution in [3.63, 3.8) is 0 Å². The van der Waals surface area contributed by atoms with Crippen LogP contribution in [0.1, 0.15) is 44.2 Å². The first-order valence-electron chi connectivity index (χ1n) is 7.55. The van der Waals surface area contributed by atoms with E-state index in [2.05, 4.69) is 54.7 Å². The molecule has 2 aromatic carbocycles. The van der Waals surface area contributed by atoms with Crippen LogP contribution in [0.25, 0.3) is 10.8 Å². The van der Waals surface area contributed by atoms with Crippen LogP contribution in [-0.4, -0.2) is 6.54 Å². The summed E-state index contributed by atoms with van der Waals surface area (Å²) in [6.45, 7) is 3.43. The van der Waals surface area contributed by atoms with E-state index in [9.17, 15) is 0 Å². The molecule has 1 saturated carbocycles. The van der Waals surface area contributed by atoms with E-state index >= 15 is 0 Å². The topological polar surface area (TPSA) is 12.0 Å². The van der Waals surface area contributed by atoms with Crippen LogP contribution in [0.3, 0.4) is 0 Å². The Morgan fingerprint density at radius 1 is 1.11 bits per heavy atom. The summed E-state index contributed by atoms with van der Waals surface area (Å²) in [5, 5.41) is 6.41. The molecule has 1 atom stereocenters. The van der Waals surface area contributed by atoms with E-state index in [0.29, 0.717) is 6.04 Å². The molecule has 1 aliphatic carbocycles. The minimum absolute atomic E-state index is 0.436. The second-order valence-electron chi connectivity index (χ2n) is 5.83. The maximum Gasteiger partial charge on any atom is 0.0297 e. The zero-order chi connectivity index (χ0) is 13.1. The zero-order valence-corrected chi connectivity index (χ0v) is 11.7. The van der Waals surface area contributed by atoms with Gasteiger partial charge in [0.2, 0.25) is 0 Å². The molecule has 0 spiro atoms. The quantitative estimate of drug-likeness (QED) is 0.815. The molecule has 1 unspecified atom stereocenters. The van der Waals surface area contributed by atoms with Crippen LogP contribution in [-0.2, 0) is 0 Å². The highest BCUT2D eigenvalue weighted by molar-refractivity contribution is 5.86. The molecule has 1 aliphatic rings. The van der Waals surface area contributed by atoms with E-state index < -0.39 is 0 Å². The maximum atomic E-state index is 3.69. The van der Waals surface area contributed by atoms with Gasteiger partial charge in [0.15, 0.2) is 0 Å². The molecule has 0 aliphatic heterocycles. The molecule has 100 valence electrons. The Balaban J connectivity index is 1.68. The number of hydrogen-bond donors (Lipinski definition) is 1. The lowest BCUT2D eigenvalue weighted by atomic mass is 9.83. The van der Waals surface area contributed by atoms with Gasteiger partial charge in [0.1, 0.15) is 0 Å². The summed E-state index contributed by atoms with van der Waals surface area (Å²) in [5.74, 6) is 0.993. The third-order valence-electron chi connectivity index (χ3n) is 4.52. The number of benzene rings is 2. The van der Waals surface area contributed by atoms with Gasteiger partial charge in [0, 0.05) is 6.04 Å². The van der Waals surface area contributed by atoms with Gasteiger partial charge < -0.3 is 5.32 Å². The molecule has 0 radical (unpaired) electrons. The Morgan fingerprint density at radius 2 is 1.89 bits per heavy atom. The summed E-state index contributed by atoms with van der Waals surface area (Å²) in [6, 6.07) is 15.7. The minimum atomic E-state index is 0.436. The lowest BCUT2D eigenvalue weighted by molar-refractivity contribution is 0.289. The Hall–Kier alpha value is -1.34. The first-order chi connectivity index (χ1) is 9.34. The van der Waals surface area contributed by atoms with Crippen molar-refractivity contribution < 1.29 is 0 Å². The van der Waals surface area contributed by atoms with Gasteiger partial charge in [-0.1, -0.05) is 61.7 Å². The standard InChI is InChI=1S/C18H23N/c1-14(19-13-12-15-6-4-7-15)17-11-5-9-16-8-2-3-10-18(16)17/h2-3,5,8-11,14-15,19H,4,6-7,12-13H2,1H3. The summed E-state index contributed by atoms with van der Waals surface area (Å²) in [4.78, 5) is 0. The molecule has 1 nitrogen and oxygen atoms in total. The fourth-order valence-electron chi connectivity index (χ4n) is 3.02. The zero-order valence-electron chi connectivity index (χ0n) is 11.7.